The molecule has 1 aliphatic carbocycles. The molecular weight excluding hydrogens is 245 g/mol. The molecule has 1 N–H and O–H groups in total. The molecule has 0 saturated carbocycles. The lowest BCUT2D eigenvalue weighted by Crippen LogP contribution is -2.21. The minimum absolute atomic E-state index is 0.133. The first-order valence-electron chi connectivity index (χ1n) is 6.89. The minimum Gasteiger partial charge on any atom is -0.382 e. The Kier molecular flexibility index (Phi) is 5.76. The van der Waals surface area contributed by atoms with Crippen LogP contribution in [-0.2, 0) is 15.9 Å². The van der Waals surface area contributed by atoms with Crippen LogP contribution in [0.15, 0.2) is 18.2 Å². The summed E-state index contributed by atoms with van der Waals surface area (Å²) < 4.78 is 23.4. The molecule has 1 aromatic carbocycles. The molecule has 2 rings (SSSR count). The van der Waals surface area contributed by atoms with E-state index in [1.807, 2.05) is 6.07 Å². The molecule has 0 aromatic heterocycles. The molecule has 0 bridgehead atoms. The zero-order valence-corrected chi connectivity index (χ0v) is 11.5. The first-order chi connectivity index (χ1) is 9.31. The van der Waals surface area contributed by atoms with E-state index in [9.17, 15) is 4.39 Å². The van der Waals surface area contributed by atoms with Gasteiger partial charge in [0.25, 0.3) is 0 Å². The Labute approximate surface area is 114 Å². The first kappa shape index (κ1) is 14.4. The number of hydrogen-bond donors (Lipinski definition) is 1. The van der Waals surface area contributed by atoms with E-state index in [1.54, 1.807) is 19.2 Å². The molecule has 0 spiro atoms. The van der Waals surface area contributed by atoms with Crippen molar-refractivity contribution in [3.8, 4) is 0 Å². The Hall–Kier alpha value is -0.970. The van der Waals surface area contributed by atoms with E-state index in [2.05, 4.69) is 5.32 Å². The lowest BCUT2D eigenvalue weighted by molar-refractivity contribution is 0.0692. The van der Waals surface area contributed by atoms with Gasteiger partial charge in [-0.15, -0.1) is 0 Å². The van der Waals surface area contributed by atoms with Crippen LogP contribution in [0, 0.1) is 5.82 Å². The van der Waals surface area contributed by atoms with Crippen LogP contribution >= 0.6 is 0 Å². The third kappa shape index (κ3) is 4.27. The van der Waals surface area contributed by atoms with Gasteiger partial charge in [0.15, 0.2) is 0 Å². The van der Waals surface area contributed by atoms with Crippen molar-refractivity contribution in [3.63, 3.8) is 0 Å². The average Bonchev–Trinajstić information content (AvgIpc) is 2.80. The molecule has 106 valence electrons. The van der Waals surface area contributed by atoms with Crippen LogP contribution in [0.2, 0.25) is 0 Å². The predicted molar refractivity (Wildman–Crippen MR) is 72.8 cm³/mol. The zero-order valence-electron chi connectivity index (χ0n) is 11.5. The molecule has 0 radical (unpaired) electrons. The summed E-state index contributed by atoms with van der Waals surface area (Å²) in [6.45, 7) is 2.98. The number of ether oxygens (including phenoxy) is 2. The second-order valence-corrected chi connectivity index (χ2v) is 4.85. The van der Waals surface area contributed by atoms with Gasteiger partial charge < -0.3 is 14.8 Å². The molecule has 0 fully saturated rings. The molecular formula is C15H22FNO2. The molecule has 3 nitrogen and oxygen atoms in total. The third-order valence-corrected chi connectivity index (χ3v) is 3.47. The van der Waals surface area contributed by atoms with Gasteiger partial charge in [0.05, 0.1) is 13.2 Å². The van der Waals surface area contributed by atoms with Crippen molar-refractivity contribution < 1.29 is 13.9 Å². The lowest BCUT2D eigenvalue weighted by Gasteiger charge is -2.14. The van der Waals surface area contributed by atoms with E-state index in [-0.39, 0.29) is 5.82 Å². The number of aryl methyl sites for hydroxylation is 1. The topological polar surface area (TPSA) is 30.5 Å². The summed E-state index contributed by atoms with van der Waals surface area (Å²) in [6.07, 6.45) is 3.01. The second kappa shape index (κ2) is 7.58. The number of methoxy groups -OCH3 is 1. The molecule has 1 atom stereocenters. The summed E-state index contributed by atoms with van der Waals surface area (Å²) in [4.78, 5) is 0. The maximum Gasteiger partial charge on any atom is 0.123 e. The van der Waals surface area contributed by atoms with Crippen LogP contribution in [0.5, 0.6) is 0 Å². The van der Waals surface area contributed by atoms with Crippen molar-refractivity contribution in [1.29, 1.82) is 0 Å². The standard InChI is InChI=1S/C15H22FNO2/c1-18-9-10-19-8-2-7-17-15-6-3-12-11-13(16)4-5-14(12)15/h4-5,11,15,17H,2-3,6-10H2,1H3. The second-order valence-electron chi connectivity index (χ2n) is 4.85. The Morgan fingerprint density at radius 3 is 3.05 bits per heavy atom. The number of halogens is 1. The fourth-order valence-corrected chi connectivity index (χ4v) is 2.49. The van der Waals surface area contributed by atoms with Gasteiger partial charge in [-0.2, -0.15) is 0 Å². The highest BCUT2D eigenvalue weighted by Gasteiger charge is 2.21. The summed E-state index contributed by atoms with van der Waals surface area (Å²) >= 11 is 0. The maximum absolute atomic E-state index is 13.1. The third-order valence-electron chi connectivity index (χ3n) is 3.47. The summed E-state index contributed by atoms with van der Waals surface area (Å²) in [5.41, 5.74) is 2.40. The fourth-order valence-electron chi connectivity index (χ4n) is 2.49. The maximum atomic E-state index is 13.1. The first-order valence-corrected chi connectivity index (χ1v) is 6.89. The van der Waals surface area contributed by atoms with Gasteiger partial charge >= 0.3 is 0 Å². The van der Waals surface area contributed by atoms with Crippen molar-refractivity contribution in [2.75, 3.05) is 33.5 Å². The minimum atomic E-state index is -0.133. The molecule has 1 aliphatic rings. The lowest BCUT2D eigenvalue weighted by atomic mass is 10.1. The summed E-state index contributed by atoms with van der Waals surface area (Å²) in [5, 5.41) is 3.51. The van der Waals surface area contributed by atoms with Gasteiger partial charge in [-0.25, -0.2) is 4.39 Å². The van der Waals surface area contributed by atoms with Crippen LogP contribution in [0.3, 0.4) is 0 Å². The highest BCUT2D eigenvalue weighted by Crippen LogP contribution is 2.31. The largest absolute Gasteiger partial charge is 0.382 e. The average molecular weight is 267 g/mol. The number of benzene rings is 1. The van der Waals surface area contributed by atoms with Crippen molar-refractivity contribution >= 4 is 0 Å². The summed E-state index contributed by atoms with van der Waals surface area (Å²) in [6, 6.07) is 5.48. The van der Waals surface area contributed by atoms with Crippen molar-refractivity contribution in [1.82, 2.24) is 5.32 Å². The predicted octanol–water partition coefficient (Wildman–Crippen LogP) is 2.46. The van der Waals surface area contributed by atoms with E-state index in [0.717, 1.165) is 38.0 Å². The quantitative estimate of drug-likeness (QED) is 0.734. The van der Waals surface area contributed by atoms with Crippen LogP contribution < -0.4 is 5.32 Å². The number of rotatable bonds is 8. The van der Waals surface area contributed by atoms with Crippen LogP contribution in [0.25, 0.3) is 0 Å². The highest BCUT2D eigenvalue weighted by molar-refractivity contribution is 5.34. The Bertz CT molecular complexity index is 398. The van der Waals surface area contributed by atoms with E-state index in [0.29, 0.717) is 19.3 Å². The van der Waals surface area contributed by atoms with Gasteiger partial charge in [0.1, 0.15) is 5.82 Å². The normalized spacial score (nSPS) is 17.7. The van der Waals surface area contributed by atoms with Crippen LogP contribution in [0.1, 0.15) is 30.0 Å². The van der Waals surface area contributed by atoms with Crippen molar-refractivity contribution in [2.45, 2.75) is 25.3 Å². The van der Waals surface area contributed by atoms with Crippen molar-refractivity contribution in [2.24, 2.45) is 0 Å². The van der Waals surface area contributed by atoms with Crippen LogP contribution in [-0.4, -0.2) is 33.5 Å². The molecule has 0 heterocycles. The summed E-state index contributed by atoms with van der Waals surface area (Å²) in [7, 11) is 1.67. The molecule has 19 heavy (non-hydrogen) atoms. The van der Waals surface area contributed by atoms with Crippen LogP contribution in [0.4, 0.5) is 4.39 Å². The Balaban J connectivity index is 1.66. The van der Waals surface area contributed by atoms with Gasteiger partial charge in [-0.05, 0) is 49.1 Å². The molecule has 1 unspecified atom stereocenters. The molecule has 0 saturated heterocycles. The SMILES string of the molecule is COCCOCCCNC1CCc2cc(F)ccc21. The molecule has 1 aromatic rings. The fraction of sp³-hybridized carbons (Fsp3) is 0.600. The molecule has 0 amide bonds. The number of hydrogen-bond acceptors (Lipinski definition) is 3. The zero-order chi connectivity index (χ0) is 13.5. The number of fused-ring (bicyclic) bond motifs is 1. The van der Waals surface area contributed by atoms with Gasteiger partial charge in [0.2, 0.25) is 0 Å². The Morgan fingerprint density at radius 2 is 2.21 bits per heavy atom. The highest BCUT2D eigenvalue weighted by atomic mass is 19.1. The molecule has 0 aliphatic heterocycles. The number of nitrogens with one attached hydrogen (secondary N) is 1. The Morgan fingerprint density at radius 1 is 1.32 bits per heavy atom. The van der Waals surface area contributed by atoms with E-state index in [1.165, 1.54) is 5.56 Å². The van der Waals surface area contributed by atoms with E-state index >= 15 is 0 Å². The van der Waals surface area contributed by atoms with Gasteiger partial charge in [-0.3, -0.25) is 0 Å². The van der Waals surface area contributed by atoms with Gasteiger partial charge in [-0.1, -0.05) is 6.07 Å². The van der Waals surface area contributed by atoms with E-state index < -0.39 is 0 Å². The summed E-state index contributed by atoms with van der Waals surface area (Å²) in [5.74, 6) is -0.133. The van der Waals surface area contributed by atoms with Crippen molar-refractivity contribution in [3.05, 3.63) is 35.1 Å². The van der Waals surface area contributed by atoms with Gasteiger partial charge in [0, 0.05) is 19.8 Å². The monoisotopic (exact) mass is 267 g/mol. The molecule has 4 heteroatoms. The smallest absolute Gasteiger partial charge is 0.123 e. The van der Waals surface area contributed by atoms with E-state index in [4.69, 9.17) is 9.47 Å².